The molecule has 1 aromatic carbocycles. The van der Waals surface area contributed by atoms with Crippen molar-refractivity contribution in [3.63, 3.8) is 0 Å². The molecule has 0 spiro atoms. The Bertz CT molecular complexity index is 410. The molecular formula is C13H17Cl2NO. The molecule has 2 atom stereocenters. The Balaban J connectivity index is 2.25. The monoisotopic (exact) mass is 273 g/mol. The van der Waals surface area contributed by atoms with Gasteiger partial charge in [-0.2, -0.15) is 0 Å². The van der Waals surface area contributed by atoms with Crippen LogP contribution in [0.1, 0.15) is 31.9 Å². The van der Waals surface area contributed by atoms with Gasteiger partial charge in [-0.1, -0.05) is 42.3 Å². The zero-order chi connectivity index (χ0) is 12.5. The molecule has 1 aliphatic rings. The van der Waals surface area contributed by atoms with Crippen molar-refractivity contribution in [2.75, 3.05) is 13.1 Å². The standard InChI is InChI=1S/C13H17Cl2NO/c1-3-13(2)8-16-7-11(17-13)9-5-4-6-10(14)12(9)15/h4-6,11,16H,3,7-8H2,1-2H3. The van der Waals surface area contributed by atoms with E-state index in [0.717, 1.165) is 25.1 Å². The summed E-state index contributed by atoms with van der Waals surface area (Å²) in [5.41, 5.74) is 0.834. The molecule has 1 aromatic rings. The van der Waals surface area contributed by atoms with Crippen molar-refractivity contribution in [2.24, 2.45) is 0 Å². The molecule has 4 heteroatoms. The Kier molecular flexibility index (Phi) is 3.99. The molecule has 0 bridgehead atoms. The highest BCUT2D eigenvalue weighted by molar-refractivity contribution is 6.42. The van der Waals surface area contributed by atoms with Crippen molar-refractivity contribution >= 4 is 23.2 Å². The molecule has 1 fully saturated rings. The van der Waals surface area contributed by atoms with E-state index in [2.05, 4.69) is 19.2 Å². The van der Waals surface area contributed by atoms with Crippen molar-refractivity contribution in [3.8, 4) is 0 Å². The smallest absolute Gasteiger partial charge is 0.0972 e. The number of halogens is 2. The SMILES string of the molecule is CCC1(C)CNCC(c2cccc(Cl)c2Cl)O1. The Morgan fingerprint density at radius 1 is 1.47 bits per heavy atom. The largest absolute Gasteiger partial charge is 0.365 e. The lowest BCUT2D eigenvalue weighted by molar-refractivity contribution is -0.109. The molecule has 1 heterocycles. The maximum atomic E-state index is 6.22. The molecule has 2 nitrogen and oxygen atoms in total. The second-order valence-corrected chi connectivity index (χ2v) is 5.47. The van der Waals surface area contributed by atoms with Gasteiger partial charge < -0.3 is 10.1 Å². The fraction of sp³-hybridized carbons (Fsp3) is 0.538. The van der Waals surface area contributed by atoms with E-state index < -0.39 is 0 Å². The number of hydrogen-bond acceptors (Lipinski definition) is 2. The second-order valence-electron chi connectivity index (χ2n) is 4.68. The third-order valence-corrected chi connectivity index (χ3v) is 4.17. The summed E-state index contributed by atoms with van der Waals surface area (Å²) in [6.07, 6.45) is 0.939. The van der Waals surface area contributed by atoms with Gasteiger partial charge in [0.15, 0.2) is 0 Å². The molecule has 1 saturated heterocycles. The van der Waals surface area contributed by atoms with Gasteiger partial charge in [0.1, 0.15) is 0 Å². The van der Waals surface area contributed by atoms with Crippen molar-refractivity contribution < 1.29 is 4.74 Å². The molecular weight excluding hydrogens is 257 g/mol. The molecule has 0 saturated carbocycles. The molecule has 0 amide bonds. The van der Waals surface area contributed by atoms with Crippen molar-refractivity contribution in [2.45, 2.75) is 32.0 Å². The summed E-state index contributed by atoms with van der Waals surface area (Å²) in [5, 5.41) is 4.57. The van der Waals surface area contributed by atoms with Crippen molar-refractivity contribution in [3.05, 3.63) is 33.8 Å². The Labute approximate surface area is 112 Å². The number of hydrogen-bond donors (Lipinski definition) is 1. The van der Waals surface area contributed by atoms with Crippen LogP contribution in [0.15, 0.2) is 18.2 Å². The van der Waals surface area contributed by atoms with Crippen LogP contribution in [0.3, 0.4) is 0 Å². The van der Waals surface area contributed by atoms with Crippen LogP contribution in [-0.4, -0.2) is 18.7 Å². The summed E-state index contributed by atoms with van der Waals surface area (Å²) in [6, 6.07) is 5.68. The molecule has 1 aliphatic heterocycles. The highest BCUT2D eigenvalue weighted by Gasteiger charge is 2.32. The van der Waals surface area contributed by atoms with E-state index in [1.807, 2.05) is 12.1 Å². The van der Waals surface area contributed by atoms with Crippen LogP contribution in [0, 0.1) is 0 Å². The van der Waals surface area contributed by atoms with E-state index in [-0.39, 0.29) is 11.7 Å². The average molecular weight is 274 g/mol. The van der Waals surface area contributed by atoms with Crippen LogP contribution in [0.5, 0.6) is 0 Å². The third kappa shape index (κ3) is 2.76. The van der Waals surface area contributed by atoms with Gasteiger partial charge in [0.25, 0.3) is 0 Å². The molecule has 94 valence electrons. The summed E-state index contributed by atoms with van der Waals surface area (Å²) in [7, 11) is 0. The van der Waals surface area contributed by atoms with Crippen LogP contribution in [0.4, 0.5) is 0 Å². The van der Waals surface area contributed by atoms with Gasteiger partial charge in [-0.15, -0.1) is 0 Å². The quantitative estimate of drug-likeness (QED) is 0.885. The van der Waals surface area contributed by atoms with E-state index in [0.29, 0.717) is 10.0 Å². The molecule has 0 radical (unpaired) electrons. The number of rotatable bonds is 2. The number of morpholine rings is 1. The highest BCUT2D eigenvalue weighted by Crippen LogP contribution is 2.35. The van der Waals surface area contributed by atoms with E-state index in [1.54, 1.807) is 6.07 Å². The topological polar surface area (TPSA) is 21.3 Å². The number of ether oxygens (including phenoxy) is 1. The lowest BCUT2D eigenvalue weighted by Gasteiger charge is -2.39. The minimum absolute atomic E-state index is 0.0279. The summed E-state index contributed by atoms with van der Waals surface area (Å²) >= 11 is 12.3. The average Bonchev–Trinajstić information content (AvgIpc) is 2.33. The first kappa shape index (κ1) is 13.2. The molecule has 1 N–H and O–H groups in total. The first-order valence-electron chi connectivity index (χ1n) is 5.88. The minimum Gasteiger partial charge on any atom is -0.365 e. The van der Waals surface area contributed by atoms with Crippen molar-refractivity contribution in [1.82, 2.24) is 5.32 Å². The Morgan fingerprint density at radius 3 is 2.94 bits per heavy atom. The van der Waals surface area contributed by atoms with Crippen LogP contribution >= 0.6 is 23.2 Å². The van der Waals surface area contributed by atoms with Gasteiger partial charge in [-0.25, -0.2) is 0 Å². The van der Waals surface area contributed by atoms with E-state index in [9.17, 15) is 0 Å². The lowest BCUT2D eigenvalue weighted by atomic mass is 9.98. The fourth-order valence-corrected chi connectivity index (χ4v) is 2.47. The zero-order valence-corrected chi connectivity index (χ0v) is 11.6. The normalized spacial score (nSPS) is 29.3. The predicted molar refractivity (Wildman–Crippen MR) is 71.9 cm³/mol. The van der Waals surface area contributed by atoms with Gasteiger partial charge in [0, 0.05) is 18.7 Å². The maximum absolute atomic E-state index is 6.22. The van der Waals surface area contributed by atoms with E-state index in [1.165, 1.54) is 0 Å². The van der Waals surface area contributed by atoms with Crippen LogP contribution < -0.4 is 5.32 Å². The van der Waals surface area contributed by atoms with Crippen molar-refractivity contribution in [1.29, 1.82) is 0 Å². The van der Waals surface area contributed by atoms with Gasteiger partial charge in [-0.05, 0) is 19.4 Å². The number of nitrogens with one attached hydrogen (secondary N) is 1. The molecule has 17 heavy (non-hydrogen) atoms. The summed E-state index contributed by atoms with van der Waals surface area (Å²) in [5.74, 6) is 0. The summed E-state index contributed by atoms with van der Waals surface area (Å²) < 4.78 is 6.14. The summed E-state index contributed by atoms with van der Waals surface area (Å²) in [4.78, 5) is 0. The highest BCUT2D eigenvalue weighted by atomic mass is 35.5. The second kappa shape index (κ2) is 5.15. The van der Waals surface area contributed by atoms with Crippen LogP contribution in [0.25, 0.3) is 0 Å². The Hall–Kier alpha value is -0.280. The number of benzene rings is 1. The third-order valence-electron chi connectivity index (χ3n) is 3.33. The molecule has 0 aromatic heterocycles. The van der Waals surface area contributed by atoms with E-state index >= 15 is 0 Å². The lowest BCUT2D eigenvalue weighted by Crippen LogP contribution is -2.48. The summed E-state index contributed by atoms with van der Waals surface area (Å²) in [6.45, 7) is 5.89. The molecule has 2 rings (SSSR count). The first-order valence-corrected chi connectivity index (χ1v) is 6.64. The van der Waals surface area contributed by atoms with Gasteiger partial charge in [-0.3, -0.25) is 0 Å². The fourth-order valence-electron chi connectivity index (χ4n) is 2.05. The van der Waals surface area contributed by atoms with Crippen LogP contribution in [-0.2, 0) is 4.74 Å². The molecule has 0 aliphatic carbocycles. The zero-order valence-electron chi connectivity index (χ0n) is 10.1. The molecule has 2 unspecified atom stereocenters. The van der Waals surface area contributed by atoms with Gasteiger partial charge >= 0.3 is 0 Å². The van der Waals surface area contributed by atoms with Gasteiger partial charge in [0.2, 0.25) is 0 Å². The minimum atomic E-state index is -0.130. The Morgan fingerprint density at radius 2 is 2.24 bits per heavy atom. The van der Waals surface area contributed by atoms with Crippen LogP contribution in [0.2, 0.25) is 10.0 Å². The first-order chi connectivity index (χ1) is 8.06. The maximum Gasteiger partial charge on any atom is 0.0972 e. The van der Waals surface area contributed by atoms with Gasteiger partial charge in [0.05, 0.1) is 21.8 Å². The van der Waals surface area contributed by atoms with E-state index in [4.69, 9.17) is 27.9 Å². The predicted octanol–water partition coefficient (Wildman–Crippen LogP) is 3.82.